The maximum atomic E-state index is 12.1. The molecule has 0 atom stereocenters. The fourth-order valence-electron chi connectivity index (χ4n) is 2.49. The van der Waals surface area contributed by atoms with Crippen molar-refractivity contribution in [3.63, 3.8) is 0 Å². The third kappa shape index (κ3) is 5.49. The third-order valence-electron chi connectivity index (χ3n) is 3.83. The molecule has 3 aromatic carbocycles. The van der Waals surface area contributed by atoms with Gasteiger partial charge in [0.05, 0.1) is 9.40 Å². The highest BCUT2D eigenvalue weighted by atomic mass is 79.9. The largest absolute Gasteiger partial charge is 0.483 e. The summed E-state index contributed by atoms with van der Waals surface area (Å²) in [6.07, 6.45) is 0. The van der Waals surface area contributed by atoms with Gasteiger partial charge in [0.2, 0.25) is 0 Å². The number of nitro groups is 1. The summed E-state index contributed by atoms with van der Waals surface area (Å²) in [5.41, 5.74) is 0.484. The molecule has 0 aliphatic rings. The first kappa shape index (κ1) is 21.2. The van der Waals surface area contributed by atoms with Gasteiger partial charge in [-0.1, -0.05) is 28.1 Å². The first-order chi connectivity index (χ1) is 13.8. The quantitative estimate of drug-likeness (QED) is 0.264. The predicted molar refractivity (Wildman–Crippen MR) is 122 cm³/mol. The van der Waals surface area contributed by atoms with Crippen LogP contribution in [-0.2, 0) is 4.79 Å². The lowest BCUT2D eigenvalue weighted by Gasteiger charge is -2.12. The van der Waals surface area contributed by atoms with Crippen LogP contribution in [0.15, 0.2) is 63.5 Å². The number of benzene rings is 3. The number of hydrogen-bond donors (Lipinski definition) is 2. The van der Waals surface area contributed by atoms with E-state index in [2.05, 4.69) is 42.5 Å². The first-order valence-electron chi connectivity index (χ1n) is 8.19. The molecule has 0 heterocycles. The van der Waals surface area contributed by atoms with Crippen LogP contribution in [0, 0.1) is 10.1 Å². The number of amides is 1. The van der Waals surface area contributed by atoms with E-state index in [9.17, 15) is 14.9 Å². The van der Waals surface area contributed by atoms with Gasteiger partial charge in [0.1, 0.15) is 5.75 Å². The second-order valence-corrected chi connectivity index (χ2v) is 7.96. The number of non-ortho nitro benzene ring substituents is 1. The van der Waals surface area contributed by atoms with E-state index in [1.807, 2.05) is 24.3 Å². The minimum atomic E-state index is -0.495. The van der Waals surface area contributed by atoms with Gasteiger partial charge in [-0.2, -0.15) is 0 Å². The number of halogens is 2. The summed E-state index contributed by atoms with van der Waals surface area (Å²) < 4.78 is 7.32. The van der Waals surface area contributed by atoms with E-state index >= 15 is 0 Å². The van der Waals surface area contributed by atoms with Crippen molar-refractivity contribution in [3.05, 3.63) is 73.7 Å². The van der Waals surface area contributed by atoms with Crippen LogP contribution >= 0.6 is 44.1 Å². The molecule has 2 N–H and O–H groups in total. The van der Waals surface area contributed by atoms with Crippen LogP contribution < -0.4 is 15.4 Å². The monoisotopic (exact) mass is 537 g/mol. The van der Waals surface area contributed by atoms with Crippen LogP contribution in [-0.4, -0.2) is 22.5 Å². The number of ether oxygens (including phenoxy) is 1. The Kier molecular flexibility index (Phi) is 6.78. The zero-order chi connectivity index (χ0) is 21.0. The Morgan fingerprint density at radius 3 is 2.52 bits per heavy atom. The normalized spacial score (nSPS) is 10.4. The lowest BCUT2D eigenvalue weighted by molar-refractivity contribution is -0.384. The van der Waals surface area contributed by atoms with Crippen LogP contribution in [0.3, 0.4) is 0 Å². The van der Waals surface area contributed by atoms with Gasteiger partial charge in [-0.25, -0.2) is 0 Å². The number of nitrogens with one attached hydrogen (secondary N) is 2. The van der Waals surface area contributed by atoms with Crippen molar-refractivity contribution in [2.75, 3.05) is 11.9 Å². The molecular formula is C19H13Br2N3O4S. The van der Waals surface area contributed by atoms with Gasteiger partial charge >= 0.3 is 0 Å². The number of carbonyl (C=O) groups excluding carboxylic acids is 1. The minimum Gasteiger partial charge on any atom is -0.483 e. The van der Waals surface area contributed by atoms with E-state index in [0.717, 1.165) is 19.7 Å². The molecule has 29 heavy (non-hydrogen) atoms. The summed E-state index contributed by atoms with van der Waals surface area (Å²) >= 11 is 12.0. The molecule has 0 radical (unpaired) electrons. The predicted octanol–water partition coefficient (Wildman–Crippen LogP) is 5.17. The lowest BCUT2D eigenvalue weighted by atomic mass is 10.1. The Bertz CT molecular complexity index is 1110. The van der Waals surface area contributed by atoms with Crippen LogP contribution in [0.25, 0.3) is 10.8 Å². The van der Waals surface area contributed by atoms with Crippen LogP contribution in [0.2, 0.25) is 0 Å². The molecule has 0 saturated heterocycles. The Labute approximate surface area is 187 Å². The van der Waals surface area contributed by atoms with Gasteiger partial charge in [-0.3, -0.25) is 20.2 Å². The first-order valence-corrected chi connectivity index (χ1v) is 10.2. The zero-order valence-corrected chi connectivity index (χ0v) is 18.6. The molecule has 0 unspecified atom stereocenters. The number of nitro benzene ring substituents is 1. The van der Waals surface area contributed by atoms with Crippen molar-refractivity contribution >= 4 is 77.2 Å². The lowest BCUT2D eigenvalue weighted by Crippen LogP contribution is -2.37. The SMILES string of the molecule is O=C(COc1ccc2cc(Br)ccc2c1Br)NC(=S)Nc1ccc([N+](=O)[O-])cc1. The molecule has 0 aliphatic carbocycles. The zero-order valence-electron chi connectivity index (χ0n) is 14.6. The Morgan fingerprint density at radius 1 is 1.10 bits per heavy atom. The number of thiocarbonyl (C=S) groups is 1. The average molecular weight is 539 g/mol. The molecule has 0 aliphatic heterocycles. The smallest absolute Gasteiger partial charge is 0.269 e. The third-order valence-corrected chi connectivity index (χ3v) is 5.34. The van der Waals surface area contributed by atoms with E-state index in [0.29, 0.717) is 11.4 Å². The summed E-state index contributed by atoms with van der Waals surface area (Å²) in [7, 11) is 0. The van der Waals surface area contributed by atoms with Crippen LogP contribution in [0.4, 0.5) is 11.4 Å². The Hall–Kier alpha value is -2.56. The molecule has 7 nitrogen and oxygen atoms in total. The summed E-state index contributed by atoms with van der Waals surface area (Å²) in [5, 5.41) is 18.0. The Morgan fingerprint density at radius 2 is 1.83 bits per heavy atom. The van der Waals surface area contributed by atoms with Crippen LogP contribution in [0.5, 0.6) is 5.75 Å². The van der Waals surface area contributed by atoms with Crippen molar-refractivity contribution < 1.29 is 14.5 Å². The molecule has 0 aromatic heterocycles. The maximum Gasteiger partial charge on any atom is 0.269 e. The highest BCUT2D eigenvalue weighted by Gasteiger charge is 2.11. The minimum absolute atomic E-state index is 0.0350. The fraction of sp³-hybridized carbons (Fsp3) is 0.0526. The molecule has 148 valence electrons. The van der Waals surface area contributed by atoms with Gasteiger partial charge in [0, 0.05) is 22.3 Å². The number of anilines is 1. The number of hydrogen-bond acceptors (Lipinski definition) is 5. The van der Waals surface area contributed by atoms with E-state index in [1.54, 1.807) is 6.07 Å². The van der Waals surface area contributed by atoms with Gasteiger partial charge in [0.25, 0.3) is 11.6 Å². The van der Waals surface area contributed by atoms with Gasteiger partial charge in [-0.15, -0.1) is 0 Å². The van der Waals surface area contributed by atoms with Gasteiger partial charge < -0.3 is 10.1 Å². The number of rotatable bonds is 5. The highest BCUT2D eigenvalue weighted by molar-refractivity contribution is 9.11. The summed E-state index contributed by atoms with van der Waals surface area (Å²) in [6, 6.07) is 15.2. The molecule has 0 fully saturated rings. The second-order valence-electron chi connectivity index (χ2n) is 5.84. The molecular weight excluding hydrogens is 526 g/mol. The van der Waals surface area contributed by atoms with E-state index in [4.69, 9.17) is 17.0 Å². The molecule has 0 bridgehead atoms. The van der Waals surface area contributed by atoms with E-state index in [-0.39, 0.29) is 17.4 Å². The van der Waals surface area contributed by atoms with Crippen molar-refractivity contribution in [2.24, 2.45) is 0 Å². The fourth-order valence-corrected chi connectivity index (χ4v) is 3.71. The molecule has 1 amide bonds. The molecule has 3 aromatic rings. The molecule has 0 spiro atoms. The summed E-state index contributed by atoms with van der Waals surface area (Å²) in [5.74, 6) is 0.0939. The average Bonchev–Trinajstić information content (AvgIpc) is 2.67. The second kappa shape index (κ2) is 9.29. The van der Waals surface area contributed by atoms with Gasteiger partial charge in [-0.05, 0) is 69.3 Å². The van der Waals surface area contributed by atoms with Crippen molar-refractivity contribution in [1.82, 2.24) is 5.32 Å². The maximum absolute atomic E-state index is 12.1. The Balaban J connectivity index is 1.56. The van der Waals surface area contributed by atoms with Gasteiger partial charge in [0.15, 0.2) is 11.7 Å². The number of carbonyl (C=O) groups is 1. The summed E-state index contributed by atoms with van der Waals surface area (Å²) in [4.78, 5) is 22.3. The molecule has 3 rings (SSSR count). The highest BCUT2D eigenvalue weighted by Crippen LogP contribution is 2.34. The van der Waals surface area contributed by atoms with Crippen molar-refractivity contribution in [2.45, 2.75) is 0 Å². The molecule has 0 saturated carbocycles. The number of fused-ring (bicyclic) bond motifs is 1. The van der Waals surface area contributed by atoms with E-state index < -0.39 is 10.8 Å². The topological polar surface area (TPSA) is 93.5 Å². The van der Waals surface area contributed by atoms with Crippen molar-refractivity contribution in [1.29, 1.82) is 0 Å². The standard InChI is InChI=1S/C19H13Br2N3O4S/c20-12-2-7-15-11(9-12)1-8-16(18(15)21)28-10-17(25)23-19(29)22-13-3-5-14(6-4-13)24(26)27/h1-9H,10H2,(H2,22,23,25,29). The van der Waals surface area contributed by atoms with E-state index in [1.165, 1.54) is 24.3 Å². The molecule has 10 heteroatoms. The van der Waals surface area contributed by atoms with Crippen LogP contribution in [0.1, 0.15) is 0 Å². The number of nitrogens with zero attached hydrogens (tertiary/aromatic N) is 1. The van der Waals surface area contributed by atoms with Crippen molar-refractivity contribution in [3.8, 4) is 5.75 Å². The summed E-state index contributed by atoms with van der Waals surface area (Å²) in [6.45, 7) is -0.233.